The zero-order valence-corrected chi connectivity index (χ0v) is 19.1. The van der Waals surface area contributed by atoms with Gasteiger partial charge in [-0.3, -0.25) is 30.0 Å². The first-order chi connectivity index (χ1) is 10.2. The summed E-state index contributed by atoms with van der Waals surface area (Å²) in [7, 11) is 0. The van der Waals surface area contributed by atoms with E-state index in [9.17, 15) is 39.0 Å². The Kier molecular flexibility index (Phi) is 9.19. The summed E-state index contributed by atoms with van der Waals surface area (Å²) in [6, 6.07) is -6.46. The van der Waals surface area contributed by atoms with E-state index in [0.717, 1.165) is 6.92 Å². The number of hydrogen-bond acceptors (Lipinski definition) is 8. The average Bonchev–Trinajstić information content (AvgIpc) is 2.84. The number of hydrogen-bond donors (Lipinski definition) is 2. The molecule has 0 bridgehead atoms. The van der Waals surface area contributed by atoms with Crippen LogP contribution in [0.4, 0.5) is 9.59 Å². The number of nitrogens with zero attached hydrogens (tertiary/aromatic N) is 2. The second-order valence-corrected chi connectivity index (χ2v) is 4.48. The molecule has 12 nitrogen and oxygen atoms in total. The molecule has 2 aliphatic rings. The van der Waals surface area contributed by atoms with Gasteiger partial charge in [0.2, 0.25) is 0 Å². The van der Waals surface area contributed by atoms with E-state index in [1.165, 1.54) is 0 Å². The number of imide groups is 2. The Hall–Kier alpha value is 0.0927. The topological polar surface area (TPSA) is 179 Å². The van der Waals surface area contributed by atoms with E-state index >= 15 is 0 Å². The van der Waals surface area contributed by atoms with Crippen LogP contribution in [0, 0.1) is 0 Å². The van der Waals surface area contributed by atoms with Crippen molar-refractivity contribution in [3.8, 4) is 0 Å². The van der Waals surface area contributed by atoms with Gasteiger partial charge < -0.3 is 19.8 Å². The Morgan fingerprint density at radius 3 is 1.42 bits per heavy atom. The molecular formula is C10H8K2N4O8. The predicted octanol–water partition coefficient (Wildman–Crippen LogP) is -11.3. The van der Waals surface area contributed by atoms with Crippen LogP contribution in [0.3, 0.4) is 0 Å². The third kappa shape index (κ3) is 4.25. The third-order valence-corrected chi connectivity index (χ3v) is 3.23. The molecule has 0 aliphatic carbocycles. The number of rotatable bonds is 4. The molecule has 0 aromatic rings. The van der Waals surface area contributed by atoms with Gasteiger partial charge in [-0.05, 0) is 6.92 Å². The molecule has 2 saturated heterocycles. The summed E-state index contributed by atoms with van der Waals surface area (Å²) in [5.74, 6) is -6.25. The minimum atomic E-state index is -2.06. The van der Waals surface area contributed by atoms with Crippen molar-refractivity contribution in [2.75, 3.05) is 0 Å². The maximum Gasteiger partial charge on any atom is 1.00 e. The Bertz CT molecular complexity index is 574. The van der Waals surface area contributed by atoms with Crippen LogP contribution in [0.2, 0.25) is 0 Å². The quantitative estimate of drug-likeness (QED) is 0.270. The summed E-state index contributed by atoms with van der Waals surface area (Å²) in [5.41, 5.74) is 0. The van der Waals surface area contributed by atoms with Gasteiger partial charge in [0, 0.05) is 0 Å². The van der Waals surface area contributed by atoms with Gasteiger partial charge in [0.15, 0.2) is 12.1 Å². The van der Waals surface area contributed by atoms with Crippen LogP contribution < -0.4 is 124 Å². The van der Waals surface area contributed by atoms with Gasteiger partial charge in [0.05, 0.1) is 11.9 Å². The number of carboxylic acids is 2. The molecule has 2 aliphatic heterocycles. The van der Waals surface area contributed by atoms with E-state index in [2.05, 4.69) is 0 Å². The third-order valence-electron chi connectivity index (χ3n) is 3.23. The Morgan fingerprint density at radius 1 is 0.875 bits per heavy atom. The molecule has 0 aromatic carbocycles. The van der Waals surface area contributed by atoms with Crippen molar-refractivity contribution in [3.63, 3.8) is 0 Å². The minimum absolute atomic E-state index is 0. The molecule has 118 valence electrons. The summed E-state index contributed by atoms with van der Waals surface area (Å²) in [6.07, 6.45) is -1.54. The van der Waals surface area contributed by atoms with Crippen LogP contribution in [0.15, 0.2) is 0 Å². The number of carboxylic acid groups (broad SMARTS) is 2. The molecule has 2 unspecified atom stereocenters. The molecule has 0 aromatic heterocycles. The second-order valence-electron chi connectivity index (χ2n) is 4.48. The zero-order valence-electron chi connectivity index (χ0n) is 12.9. The van der Waals surface area contributed by atoms with E-state index < -0.39 is 54.1 Å². The Balaban J connectivity index is 0.00000264. The first kappa shape index (κ1) is 24.1. The van der Waals surface area contributed by atoms with Crippen molar-refractivity contribution in [1.29, 1.82) is 0 Å². The Labute approximate surface area is 219 Å². The van der Waals surface area contributed by atoms with E-state index in [0.29, 0.717) is 9.80 Å². The molecule has 2 atom stereocenters. The first-order valence-corrected chi connectivity index (χ1v) is 5.85. The fourth-order valence-electron chi connectivity index (χ4n) is 2.31. The van der Waals surface area contributed by atoms with Crippen molar-refractivity contribution in [3.05, 3.63) is 0 Å². The summed E-state index contributed by atoms with van der Waals surface area (Å²) >= 11 is 0. The fourth-order valence-corrected chi connectivity index (χ4v) is 2.31. The fraction of sp³-hybridized carbons (Fsp3) is 0.400. The minimum Gasteiger partial charge on any atom is -0.547 e. The van der Waals surface area contributed by atoms with Gasteiger partial charge in [0.1, 0.15) is 6.17 Å². The molecule has 0 radical (unpaired) electrons. The number of urea groups is 2. The molecule has 0 spiro atoms. The predicted molar refractivity (Wildman–Crippen MR) is 57.8 cm³/mol. The van der Waals surface area contributed by atoms with Crippen LogP contribution in [0.5, 0.6) is 0 Å². The number of amides is 6. The Morgan fingerprint density at radius 2 is 1.17 bits per heavy atom. The van der Waals surface area contributed by atoms with Crippen LogP contribution in [0.1, 0.15) is 6.92 Å². The van der Waals surface area contributed by atoms with E-state index in [1.807, 2.05) is 0 Å². The standard InChI is InChI=1S/C10H10N4O8.2K/c1-2(13-3(7(17)18)5(15)11-9(13)21)14-4(8(19)20)6(16)12-10(14)22;;/h2-4H,1H3,(H,17,18)(H,19,20)(H,11,15,21)(H,12,16,22);;/q;2*+1/p-2. The van der Waals surface area contributed by atoms with Crippen LogP contribution in [-0.4, -0.2) is 63.9 Å². The van der Waals surface area contributed by atoms with Crippen molar-refractivity contribution in [2.24, 2.45) is 0 Å². The van der Waals surface area contributed by atoms with Gasteiger partial charge >= 0.3 is 115 Å². The van der Waals surface area contributed by atoms with Crippen LogP contribution in [-0.2, 0) is 19.2 Å². The average molecular weight is 390 g/mol. The number of carbonyl (C=O) groups excluding carboxylic acids is 6. The summed E-state index contributed by atoms with van der Waals surface area (Å²) in [6.45, 7) is 1.07. The molecule has 2 rings (SSSR count). The zero-order chi connectivity index (χ0) is 16.8. The van der Waals surface area contributed by atoms with E-state index in [-0.39, 0.29) is 103 Å². The van der Waals surface area contributed by atoms with Gasteiger partial charge in [-0.25, -0.2) is 9.59 Å². The van der Waals surface area contributed by atoms with Crippen LogP contribution >= 0.6 is 0 Å². The summed E-state index contributed by atoms with van der Waals surface area (Å²) in [5, 5.41) is 25.3. The largest absolute Gasteiger partial charge is 1.00 e. The molecule has 2 N–H and O–H groups in total. The van der Waals surface area contributed by atoms with Crippen LogP contribution in [0.25, 0.3) is 0 Å². The van der Waals surface area contributed by atoms with Gasteiger partial charge in [-0.1, -0.05) is 0 Å². The van der Waals surface area contributed by atoms with Crippen molar-refractivity contribution >= 4 is 35.8 Å². The second kappa shape index (κ2) is 9.15. The summed E-state index contributed by atoms with van der Waals surface area (Å²) < 4.78 is 0. The monoisotopic (exact) mass is 390 g/mol. The summed E-state index contributed by atoms with van der Waals surface area (Å²) in [4.78, 5) is 68.9. The maximum absolute atomic E-state index is 11.7. The molecule has 14 heteroatoms. The number of nitrogens with one attached hydrogen (secondary N) is 2. The SMILES string of the molecule is CC(N1C(=O)NC(=O)C1C(=O)[O-])N1C(=O)NC(=O)C1C(=O)[O-].[K+].[K+]. The molecule has 2 heterocycles. The molecule has 0 saturated carbocycles. The van der Waals surface area contributed by atoms with Gasteiger partial charge in [-0.15, -0.1) is 0 Å². The van der Waals surface area contributed by atoms with Crippen molar-refractivity contribution in [1.82, 2.24) is 20.4 Å². The first-order valence-electron chi connectivity index (χ1n) is 5.85. The van der Waals surface area contributed by atoms with Gasteiger partial charge in [0.25, 0.3) is 11.8 Å². The maximum atomic E-state index is 11.7. The normalized spacial score (nSPS) is 23.9. The van der Waals surface area contributed by atoms with E-state index in [1.54, 1.807) is 10.6 Å². The van der Waals surface area contributed by atoms with Gasteiger partial charge in [-0.2, -0.15) is 0 Å². The smallest absolute Gasteiger partial charge is 0.547 e. The van der Waals surface area contributed by atoms with Crippen molar-refractivity contribution in [2.45, 2.75) is 25.2 Å². The number of carbonyl (C=O) groups is 6. The molecule has 24 heavy (non-hydrogen) atoms. The van der Waals surface area contributed by atoms with Crippen molar-refractivity contribution < 1.29 is 142 Å². The molecule has 6 amide bonds. The number of aliphatic carboxylic acids is 2. The molecular weight excluding hydrogens is 382 g/mol. The molecule has 2 fully saturated rings. The van der Waals surface area contributed by atoms with E-state index in [4.69, 9.17) is 0 Å².